The van der Waals surface area contributed by atoms with Crippen LogP contribution in [-0.4, -0.2) is 38.9 Å². The Morgan fingerprint density at radius 3 is 2.48 bits per heavy atom. The number of aryl methyl sites for hydroxylation is 1. The molecule has 0 unspecified atom stereocenters. The summed E-state index contributed by atoms with van der Waals surface area (Å²) in [6.45, 7) is 1.77. The fourth-order valence-corrected chi connectivity index (χ4v) is 3.11. The number of hydrogen-bond donors (Lipinski definition) is 0. The Morgan fingerprint density at radius 2 is 1.74 bits per heavy atom. The SMILES string of the molecule is O=C(CCc1ccccc1)N1CC(n2cc(COc3ccccc3)nn2)C1. The quantitative estimate of drug-likeness (QED) is 0.648. The highest BCUT2D eigenvalue weighted by molar-refractivity contribution is 5.77. The number of rotatable bonds is 7. The predicted molar refractivity (Wildman–Crippen MR) is 101 cm³/mol. The summed E-state index contributed by atoms with van der Waals surface area (Å²) in [5.41, 5.74) is 1.98. The van der Waals surface area contributed by atoms with Gasteiger partial charge in [-0.05, 0) is 24.1 Å². The van der Waals surface area contributed by atoms with Crippen LogP contribution in [0.2, 0.25) is 0 Å². The second-order valence-corrected chi connectivity index (χ2v) is 6.73. The Bertz CT molecular complexity index is 873. The molecule has 2 heterocycles. The molecule has 27 heavy (non-hydrogen) atoms. The molecular formula is C21H22N4O2. The Labute approximate surface area is 158 Å². The molecule has 138 valence electrons. The van der Waals surface area contributed by atoms with Crippen LogP contribution in [0.1, 0.15) is 23.7 Å². The van der Waals surface area contributed by atoms with Crippen LogP contribution in [0.5, 0.6) is 5.75 Å². The van der Waals surface area contributed by atoms with Crippen molar-refractivity contribution in [3.8, 4) is 5.75 Å². The molecule has 1 amide bonds. The zero-order valence-electron chi connectivity index (χ0n) is 15.1. The lowest BCUT2D eigenvalue weighted by molar-refractivity contribution is -0.137. The van der Waals surface area contributed by atoms with Crippen molar-refractivity contribution in [1.29, 1.82) is 0 Å². The number of nitrogens with zero attached hydrogens (tertiary/aromatic N) is 4. The molecule has 1 aliphatic heterocycles. The minimum absolute atomic E-state index is 0.197. The monoisotopic (exact) mass is 362 g/mol. The van der Waals surface area contributed by atoms with Crippen LogP contribution in [0.15, 0.2) is 66.9 Å². The molecule has 0 spiro atoms. The van der Waals surface area contributed by atoms with Crippen molar-refractivity contribution >= 4 is 5.91 Å². The fourth-order valence-electron chi connectivity index (χ4n) is 3.11. The zero-order valence-corrected chi connectivity index (χ0v) is 15.1. The number of para-hydroxylation sites is 1. The van der Waals surface area contributed by atoms with Crippen molar-refractivity contribution in [2.24, 2.45) is 0 Å². The molecule has 6 heteroatoms. The third-order valence-corrected chi connectivity index (χ3v) is 4.75. The van der Waals surface area contributed by atoms with Gasteiger partial charge in [0.25, 0.3) is 0 Å². The number of amides is 1. The van der Waals surface area contributed by atoms with Crippen molar-refractivity contribution in [1.82, 2.24) is 19.9 Å². The Hall–Kier alpha value is -3.15. The average Bonchev–Trinajstić information content (AvgIpc) is 3.14. The Morgan fingerprint density at radius 1 is 1.04 bits per heavy atom. The van der Waals surface area contributed by atoms with Gasteiger partial charge >= 0.3 is 0 Å². The van der Waals surface area contributed by atoms with Crippen molar-refractivity contribution in [2.45, 2.75) is 25.5 Å². The van der Waals surface area contributed by atoms with Gasteiger partial charge in [-0.3, -0.25) is 4.79 Å². The normalized spacial score (nSPS) is 14.0. The van der Waals surface area contributed by atoms with Gasteiger partial charge in [0.1, 0.15) is 18.1 Å². The summed E-state index contributed by atoms with van der Waals surface area (Å²) in [7, 11) is 0. The van der Waals surface area contributed by atoms with E-state index in [0.717, 1.165) is 17.9 Å². The molecule has 6 nitrogen and oxygen atoms in total. The molecule has 0 bridgehead atoms. The first-order chi connectivity index (χ1) is 13.3. The largest absolute Gasteiger partial charge is 0.487 e. The van der Waals surface area contributed by atoms with E-state index in [1.807, 2.05) is 64.3 Å². The lowest BCUT2D eigenvalue weighted by Crippen LogP contribution is -2.51. The van der Waals surface area contributed by atoms with E-state index in [2.05, 4.69) is 22.4 Å². The maximum Gasteiger partial charge on any atom is 0.223 e. The van der Waals surface area contributed by atoms with Crippen molar-refractivity contribution in [3.63, 3.8) is 0 Å². The van der Waals surface area contributed by atoms with Crippen LogP contribution in [0.4, 0.5) is 0 Å². The first-order valence-corrected chi connectivity index (χ1v) is 9.18. The van der Waals surface area contributed by atoms with Gasteiger partial charge in [-0.15, -0.1) is 5.10 Å². The molecule has 1 aromatic heterocycles. The molecule has 1 saturated heterocycles. The third-order valence-electron chi connectivity index (χ3n) is 4.75. The lowest BCUT2D eigenvalue weighted by Gasteiger charge is -2.39. The van der Waals surface area contributed by atoms with Crippen LogP contribution in [-0.2, 0) is 17.8 Å². The summed E-state index contributed by atoms with van der Waals surface area (Å²) in [5.74, 6) is 1.01. The summed E-state index contributed by atoms with van der Waals surface area (Å²) in [5, 5.41) is 8.35. The van der Waals surface area contributed by atoms with Gasteiger partial charge in [0.2, 0.25) is 5.91 Å². The van der Waals surface area contributed by atoms with Crippen LogP contribution >= 0.6 is 0 Å². The lowest BCUT2D eigenvalue weighted by atomic mass is 10.1. The van der Waals surface area contributed by atoms with Crippen molar-refractivity contribution in [3.05, 3.63) is 78.1 Å². The molecule has 1 fully saturated rings. The number of likely N-dealkylation sites (tertiary alicyclic amines) is 1. The second kappa shape index (κ2) is 8.03. The summed E-state index contributed by atoms with van der Waals surface area (Å²) < 4.78 is 7.53. The summed E-state index contributed by atoms with van der Waals surface area (Å²) in [4.78, 5) is 14.2. The maximum atomic E-state index is 12.3. The van der Waals surface area contributed by atoms with Crippen LogP contribution in [0.25, 0.3) is 0 Å². The predicted octanol–water partition coefficient (Wildman–Crippen LogP) is 2.87. The molecule has 0 aliphatic carbocycles. The standard InChI is InChI=1S/C21H22N4O2/c26-21(12-11-17-7-3-1-4-8-17)24-14-19(15-24)25-13-18(22-23-25)16-27-20-9-5-2-6-10-20/h1-10,13,19H,11-12,14-16H2. The van der Waals surface area contributed by atoms with E-state index in [0.29, 0.717) is 26.1 Å². The highest BCUT2D eigenvalue weighted by Crippen LogP contribution is 2.22. The van der Waals surface area contributed by atoms with E-state index in [-0.39, 0.29) is 11.9 Å². The molecule has 0 saturated carbocycles. The van der Waals surface area contributed by atoms with Gasteiger partial charge in [-0.2, -0.15) is 0 Å². The molecule has 2 aromatic carbocycles. The molecule has 1 aliphatic rings. The van der Waals surface area contributed by atoms with E-state index in [9.17, 15) is 4.79 Å². The number of ether oxygens (including phenoxy) is 1. The molecule has 0 atom stereocenters. The van der Waals surface area contributed by atoms with E-state index >= 15 is 0 Å². The molecule has 3 aromatic rings. The molecule has 0 radical (unpaired) electrons. The van der Waals surface area contributed by atoms with E-state index in [1.54, 1.807) is 0 Å². The summed E-state index contributed by atoms with van der Waals surface area (Å²) in [6.07, 6.45) is 3.23. The first kappa shape index (κ1) is 17.3. The number of carbonyl (C=O) groups is 1. The second-order valence-electron chi connectivity index (χ2n) is 6.73. The minimum Gasteiger partial charge on any atom is -0.487 e. The van der Waals surface area contributed by atoms with Gasteiger partial charge in [0, 0.05) is 19.5 Å². The highest BCUT2D eigenvalue weighted by atomic mass is 16.5. The number of benzene rings is 2. The van der Waals surface area contributed by atoms with Crippen LogP contribution in [0, 0.1) is 0 Å². The number of hydrogen-bond acceptors (Lipinski definition) is 4. The summed E-state index contributed by atoms with van der Waals surface area (Å²) >= 11 is 0. The molecule has 4 rings (SSSR count). The van der Waals surface area contributed by atoms with E-state index < -0.39 is 0 Å². The van der Waals surface area contributed by atoms with Gasteiger partial charge in [0.15, 0.2) is 0 Å². The minimum atomic E-state index is 0.197. The van der Waals surface area contributed by atoms with Crippen LogP contribution < -0.4 is 4.74 Å². The molecule has 0 N–H and O–H groups in total. The van der Waals surface area contributed by atoms with Gasteiger partial charge in [0.05, 0.1) is 12.2 Å². The number of aromatic nitrogens is 3. The smallest absolute Gasteiger partial charge is 0.223 e. The van der Waals surface area contributed by atoms with Gasteiger partial charge < -0.3 is 9.64 Å². The van der Waals surface area contributed by atoms with Crippen LogP contribution in [0.3, 0.4) is 0 Å². The van der Waals surface area contributed by atoms with Gasteiger partial charge in [-0.1, -0.05) is 53.7 Å². The topological polar surface area (TPSA) is 60.2 Å². The maximum absolute atomic E-state index is 12.3. The Kier molecular flexibility index (Phi) is 5.14. The molecular weight excluding hydrogens is 340 g/mol. The third kappa shape index (κ3) is 4.34. The fraction of sp³-hybridized carbons (Fsp3) is 0.286. The zero-order chi connectivity index (χ0) is 18.5. The van der Waals surface area contributed by atoms with Gasteiger partial charge in [-0.25, -0.2) is 4.68 Å². The number of carbonyl (C=O) groups excluding carboxylic acids is 1. The van der Waals surface area contributed by atoms with E-state index in [4.69, 9.17) is 4.74 Å². The summed E-state index contributed by atoms with van der Waals surface area (Å²) in [6, 6.07) is 19.9. The highest BCUT2D eigenvalue weighted by Gasteiger charge is 2.32. The first-order valence-electron chi connectivity index (χ1n) is 9.18. The Balaban J connectivity index is 1.22. The average molecular weight is 362 g/mol. The van der Waals surface area contributed by atoms with E-state index in [1.165, 1.54) is 5.56 Å². The van der Waals surface area contributed by atoms with Crippen molar-refractivity contribution in [2.75, 3.05) is 13.1 Å². The van der Waals surface area contributed by atoms with Crippen molar-refractivity contribution < 1.29 is 9.53 Å².